The molecule has 1 aromatic carbocycles. The van der Waals surface area contributed by atoms with Gasteiger partial charge in [-0.1, -0.05) is 18.2 Å². The summed E-state index contributed by atoms with van der Waals surface area (Å²) < 4.78 is 6.99. The van der Waals surface area contributed by atoms with Gasteiger partial charge in [0, 0.05) is 32.5 Å². The summed E-state index contributed by atoms with van der Waals surface area (Å²) in [6, 6.07) is 10.0. The first-order valence-electron chi connectivity index (χ1n) is 7.80. The Hall–Kier alpha value is -1.68. The van der Waals surface area contributed by atoms with Gasteiger partial charge >= 0.3 is 0 Å². The lowest BCUT2D eigenvalue weighted by Crippen LogP contribution is -2.38. The lowest BCUT2D eigenvalue weighted by molar-refractivity contribution is 0.195. The van der Waals surface area contributed by atoms with Crippen molar-refractivity contribution in [2.45, 2.75) is 19.9 Å². The Bertz CT molecular complexity index is 602. The molecule has 0 fully saturated rings. The van der Waals surface area contributed by atoms with Gasteiger partial charge in [0.05, 0.1) is 0 Å². The molecule has 0 amide bonds. The largest absolute Gasteiger partial charge is 0.385 e. The van der Waals surface area contributed by atoms with E-state index in [-0.39, 0.29) is 24.0 Å². The molecule has 0 spiro atoms. The third-order valence-electron chi connectivity index (χ3n) is 3.19. The maximum atomic E-state index is 5.05. The van der Waals surface area contributed by atoms with Crippen molar-refractivity contribution in [2.75, 3.05) is 26.8 Å². The number of benzene rings is 1. The topological polar surface area (TPSA) is 76.4 Å². The number of nitrogens with zero attached hydrogens (tertiary/aromatic N) is 4. The van der Waals surface area contributed by atoms with Gasteiger partial charge in [0.2, 0.25) is 0 Å². The van der Waals surface area contributed by atoms with E-state index in [9.17, 15) is 0 Å². The van der Waals surface area contributed by atoms with E-state index in [1.807, 2.05) is 41.8 Å². The highest BCUT2D eigenvalue weighted by molar-refractivity contribution is 14.0. The van der Waals surface area contributed by atoms with Crippen LogP contribution in [0.2, 0.25) is 0 Å². The van der Waals surface area contributed by atoms with E-state index in [4.69, 9.17) is 4.74 Å². The summed E-state index contributed by atoms with van der Waals surface area (Å²) in [5, 5.41) is 14.7. The van der Waals surface area contributed by atoms with Gasteiger partial charge in [-0.25, -0.2) is 4.99 Å². The van der Waals surface area contributed by atoms with Crippen LogP contribution in [0.5, 0.6) is 0 Å². The summed E-state index contributed by atoms with van der Waals surface area (Å²) >= 11 is 0. The summed E-state index contributed by atoms with van der Waals surface area (Å²) in [6.45, 7) is 4.84. The molecule has 1 heterocycles. The maximum absolute atomic E-state index is 5.05. The van der Waals surface area contributed by atoms with Gasteiger partial charge in [-0.3, -0.25) is 4.57 Å². The normalized spacial score (nSPS) is 11.0. The zero-order valence-electron chi connectivity index (χ0n) is 14.1. The van der Waals surface area contributed by atoms with Gasteiger partial charge in [-0.05, 0) is 25.5 Å². The first-order valence-corrected chi connectivity index (χ1v) is 7.80. The second-order valence-corrected chi connectivity index (χ2v) is 4.92. The minimum absolute atomic E-state index is 0. The van der Waals surface area contributed by atoms with Crippen molar-refractivity contribution in [3.05, 3.63) is 42.5 Å². The summed E-state index contributed by atoms with van der Waals surface area (Å²) in [6.07, 6.45) is 2.64. The predicted molar refractivity (Wildman–Crippen MR) is 106 cm³/mol. The molecular weight excluding hydrogens is 419 g/mol. The number of para-hydroxylation sites is 1. The lowest BCUT2D eigenvalue weighted by Gasteiger charge is -2.11. The van der Waals surface area contributed by atoms with Gasteiger partial charge in [0.1, 0.15) is 12.9 Å². The number of hydrogen-bond donors (Lipinski definition) is 2. The third kappa shape index (κ3) is 6.44. The molecule has 2 N–H and O–H groups in total. The van der Waals surface area contributed by atoms with Gasteiger partial charge in [0.15, 0.2) is 11.8 Å². The number of hydrogen-bond acceptors (Lipinski definition) is 4. The third-order valence-corrected chi connectivity index (χ3v) is 3.19. The molecule has 0 saturated heterocycles. The van der Waals surface area contributed by atoms with E-state index in [1.165, 1.54) is 0 Å². The highest BCUT2D eigenvalue weighted by Crippen LogP contribution is 2.09. The lowest BCUT2D eigenvalue weighted by atomic mass is 10.3. The number of halogens is 1. The fourth-order valence-electron chi connectivity index (χ4n) is 2.09. The van der Waals surface area contributed by atoms with Gasteiger partial charge in [0.25, 0.3) is 0 Å². The quantitative estimate of drug-likeness (QED) is 0.282. The average Bonchev–Trinajstić information content (AvgIpc) is 3.06. The Labute approximate surface area is 159 Å². The predicted octanol–water partition coefficient (Wildman–Crippen LogP) is 1.98. The second-order valence-electron chi connectivity index (χ2n) is 4.92. The van der Waals surface area contributed by atoms with Crippen molar-refractivity contribution < 1.29 is 4.74 Å². The Morgan fingerprint density at radius 1 is 1.25 bits per heavy atom. The SMILES string of the molecule is CCNC(=NCc1nncn1-c1ccccc1)NCCCOC.I. The molecule has 0 saturated carbocycles. The van der Waals surface area contributed by atoms with Crippen molar-refractivity contribution >= 4 is 29.9 Å². The van der Waals surface area contributed by atoms with Crippen LogP contribution >= 0.6 is 24.0 Å². The molecule has 2 aromatic rings. The molecule has 132 valence electrons. The van der Waals surface area contributed by atoms with Crippen LogP contribution < -0.4 is 10.6 Å². The number of methoxy groups -OCH3 is 1. The fraction of sp³-hybridized carbons (Fsp3) is 0.438. The zero-order valence-corrected chi connectivity index (χ0v) is 16.4. The summed E-state index contributed by atoms with van der Waals surface area (Å²) in [7, 11) is 1.70. The molecule has 0 radical (unpaired) electrons. The van der Waals surface area contributed by atoms with Gasteiger partial charge in [-0.2, -0.15) is 0 Å². The first-order chi connectivity index (χ1) is 11.3. The molecule has 1 aromatic heterocycles. The molecule has 24 heavy (non-hydrogen) atoms. The maximum Gasteiger partial charge on any atom is 0.191 e. The van der Waals surface area contributed by atoms with Crippen molar-refractivity contribution in [1.29, 1.82) is 0 Å². The average molecular weight is 444 g/mol. The minimum atomic E-state index is 0. The van der Waals surface area contributed by atoms with Crippen LogP contribution in [0.3, 0.4) is 0 Å². The van der Waals surface area contributed by atoms with Crippen molar-refractivity contribution in [1.82, 2.24) is 25.4 Å². The number of guanidine groups is 1. The molecule has 0 bridgehead atoms. The fourth-order valence-corrected chi connectivity index (χ4v) is 2.09. The zero-order chi connectivity index (χ0) is 16.3. The molecule has 7 nitrogen and oxygen atoms in total. The molecule has 2 rings (SSSR count). The summed E-state index contributed by atoms with van der Waals surface area (Å²) in [5.41, 5.74) is 1.03. The Kier molecular flexibility index (Phi) is 10.0. The van der Waals surface area contributed by atoms with Crippen molar-refractivity contribution in [3.63, 3.8) is 0 Å². The smallest absolute Gasteiger partial charge is 0.191 e. The number of aliphatic imine (C=N–C) groups is 1. The summed E-state index contributed by atoms with van der Waals surface area (Å²) in [4.78, 5) is 4.57. The monoisotopic (exact) mass is 444 g/mol. The first kappa shape index (κ1) is 20.4. The highest BCUT2D eigenvalue weighted by Gasteiger charge is 2.06. The molecule has 0 atom stereocenters. The van der Waals surface area contributed by atoms with Crippen LogP contribution in [0.25, 0.3) is 5.69 Å². The number of aromatic nitrogens is 3. The number of nitrogens with one attached hydrogen (secondary N) is 2. The standard InChI is InChI=1S/C16H24N6O.HI/c1-3-17-16(18-10-7-11-23-2)19-12-15-21-20-13-22(15)14-8-5-4-6-9-14;/h4-6,8-9,13H,3,7,10-12H2,1-2H3,(H2,17,18,19);1H. The molecule has 0 aliphatic rings. The van der Waals surface area contributed by atoms with E-state index in [0.29, 0.717) is 6.54 Å². The van der Waals surface area contributed by atoms with E-state index in [2.05, 4.69) is 25.8 Å². The second kappa shape index (κ2) is 11.8. The van der Waals surface area contributed by atoms with Crippen LogP contribution in [0.4, 0.5) is 0 Å². The van der Waals surface area contributed by atoms with E-state index < -0.39 is 0 Å². The van der Waals surface area contributed by atoms with Crippen molar-refractivity contribution in [3.8, 4) is 5.69 Å². The van der Waals surface area contributed by atoms with E-state index in [1.54, 1.807) is 13.4 Å². The molecule has 0 aliphatic heterocycles. The van der Waals surface area contributed by atoms with Crippen LogP contribution in [0, 0.1) is 0 Å². The van der Waals surface area contributed by atoms with Crippen molar-refractivity contribution in [2.24, 2.45) is 4.99 Å². The minimum Gasteiger partial charge on any atom is -0.385 e. The van der Waals surface area contributed by atoms with Gasteiger partial charge < -0.3 is 15.4 Å². The van der Waals surface area contributed by atoms with Crippen LogP contribution in [-0.2, 0) is 11.3 Å². The van der Waals surface area contributed by atoms with Gasteiger partial charge in [-0.15, -0.1) is 34.2 Å². The Morgan fingerprint density at radius 3 is 2.75 bits per heavy atom. The summed E-state index contributed by atoms with van der Waals surface area (Å²) in [5.74, 6) is 1.57. The Balaban J connectivity index is 0.00000288. The van der Waals surface area contributed by atoms with E-state index >= 15 is 0 Å². The molecule has 0 unspecified atom stereocenters. The van der Waals surface area contributed by atoms with Crippen LogP contribution in [0.1, 0.15) is 19.2 Å². The number of rotatable bonds is 8. The molecule has 0 aliphatic carbocycles. The van der Waals surface area contributed by atoms with Crippen LogP contribution in [0.15, 0.2) is 41.7 Å². The molecule has 8 heteroatoms. The molecular formula is C16H25IN6O. The van der Waals surface area contributed by atoms with E-state index in [0.717, 1.165) is 43.6 Å². The Morgan fingerprint density at radius 2 is 2.04 bits per heavy atom. The number of ether oxygens (including phenoxy) is 1. The highest BCUT2D eigenvalue weighted by atomic mass is 127. The van der Waals surface area contributed by atoms with Crippen LogP contribution in [-0.4, -0.2) is 47.5 Å².